The van der Waals surface area contributed by atoms with Gasteiger partial charge in [0.2, 0.25) is 5.91 Å². The first kappa shape index (κ1) is 17.4. The van der Waals surface area contributed by atoms with Crippen LogP contribution in [-0.2, 0) is 11.3 Å². The van der Waals surface area contributed by atoms with Crippen LogP contribution in [0.15, 0.2) is 48.7 Å². The lowest BCUT2D eigenvalue weighted by Crippen LogP contribution is -2.39. The number of carbonyl (C=O) groups is 1. The number of amides is 1. The minimum Gasteiger partial charge on any atom is -0.363 e. The highest BCUT2D eigenvalue weighted by atomic mass is 16.2. The summed E-state index contributed by atoms with van der Waals surface area (Å²) in [4.78, 5) is 21.5. The third-order valence-corrected chi connectivity index (χ3v) is 4.60. The van der Waals surface area contributed by atoms with E-state index in [0.29, 0.717) is 6.54 Å². The van der Waals surface area contributed by atoms with Crippen LogP contribution in [0.25, 0.3) is 0 Å². The highest BCUT2D eigenvalue weighted by molar-refractivity contribution is 5.83. The molecule has 0 saturated carbocycles. The molecule has 0 aliphatic carbocycles. The van der Waals surface area contributed by atoms with Crippen molar-refractivity contribution in [1.29, 1.82) is 0 Å². The Morgan fingerprint density at radius 1 is 1.20 bits per heavy atom. The van der Waals surface area contributed by atoms with Gasteiger partial charge in [-0.05, 0) is 49.2 Å². The average molecular weight is 338 g/mol. The second-order valence-corrected chi connectivity index (χ2v) is 6.69. The van der Waals surface area contributed by atoms with E-state index in [1.165, 1.54) is 0 Å². The third-order valence-electron chi connectivity index (χ3n) is 4.60. The van der Waals surface area contributed by atoms with Crippen molar-refractivity contribution in [2.45, 2.75) is 25.4 Å². The molecule has 5 nitrogen and oxygen atoms in total. The van der Waals surface area contributed by atoms with Crippen molar-refractivity contribution in [3.8, 4) is 0 Å². The van der Waals surface area contributed by atoms with Crippen molar-refractivity contribution >= 4 is 11.7 Å². The summed E-state index contributed by atoms with van der Waals surface area (Å²) in [5.74, 6) is 0.960. The topological polar surface area (TPSA) is 48.5 Å². The Bertz CT molecular complexity index is 696. The number of pyridine rings is 1. The first-order valence-electron chi connectivity index (χ1n) is 8.84. The Balaban J connectivity index is 1.71. The first-order chi connectivity index (χ1) is 12.1. The maximum Gasteiger partial charge on any atom is 0.242 e. The van der Waals surface area contributed by atoms with E-state index in [1.54, 1.807) is 6.20 Å². The lowest BCUT2D eigenvalue weighted by molar-refractivity contribution is -0.126. The average Bonchev–Trinajstić information content (AvgIpc) is 3.15. The van der Waals surface area contributed by atoms with E-state index < -0.39 is 0 Å². The van der Waals surface area contributed by atoms with Crippen molar-refractivity contribution in [2.75, 3.05) is 32.1 Å². The standard InChI is InChI=1S/C20H26N4O/c1-23(2)18-14-16(10-11-21-18)15-22-20(25)19(24-12-6-7-13-24)17-8-4-3-5-9-17/h3-5,8-11,14,19H,6-7,12-13,15H2,1-2H3,(H,22,25). The van der Waals surface area contributed by atoms with E-state index in [9.17, 15) is 4.79 Å². The summed E-state index contributed by atoms with van der Waals surface area (Å²) in [6, 6.07) is 13.8. The van der Waals surface area contributed by atoms with Gasteiger partial charge in [-0.3, -0.25) is 9.69 Å². The fraction of sp³-hybridized carbons (Fsp3) is 0.400. The summed E-state index contributed by atoms with van der Waals surface area (Å²) in [6.07, 6.45) is 4.10. The number of anilines is 1. The molecule has 1 aliphatic rings. The van der Waals surface area contributed by atoms with Crippen LogP contribution in [0.3, 0.4) is 0 Å². The van der Waals surface area contributed by atoms with Gasteiger partial charge in [0.1, 0.15) is 11.9 Å². The number of carbonyl (C=O) groups excluding carboxylic acids is 1. The van der Waals surface area contributed by atoms with E-state index in [0.717, 1.165) is 42.9 Å². The van der Waals surface area contributed by atoms with Crippen LogP contribution in [0.1, 0.15) is 30.0 Å². The molecule has 0 spiro atoms. The number of hydrogen-bond acceptors (Lipinski definition) is 4. The SMILES string of the molecule is CN(C)c1cc(CNC(=O)C(c2ccccc2)N2CCCC2)ccn1. The number of rotatable bonds is 6. The molecule has 1 atom stereocenters. The molecular weight excluding hydrogens is 312 g/mol. The molecule has 1 amide bonds. The summed E-state index contributed by atoms with van der Waals surface area (Å²) >= 11 is 0. The molecule has 1 saturated heterocycles. The largest absolute Gasteiger partial charge is 0.363 e. The molecule has 1 fully saturated rings. The Kier molecular flexibility index (Phi) is 5.66. The first-order valence-corrected chi connectivity index (χ1v) is 8.84. The van der Waals surface area contributed by atoms with Crippen LogP contribution in [0.4, 0.5) is 5.82 Å². The fourth-order valence-corrected chi connectivity index (χ4v) is 3.26. The van der Waals surface area contributed by atoms with Gasteiger partial charge in [0.15, 0.2) is 0 Å². The summed E-state index contributed by atoms with van der Waals surface area (Å²) < 4.78 is 0. The van der Waals surface area contributed by atoms with Crippen molar-refractivity contribution in [3.63, 3.8) is 0 Å². The number of benzene rings is 1. The van der Waals surface area contributed by atoms with Gasteiger partial charge in [-0.15, -0.1) is 0 Å². The summed E-state index contributed by atoms with van der Waals surface area (Å²) in [6.45, 7) is 2.47. The van der Waals surface area contributed by atoms with Crippen LogP contribution >= 0.6 is 0 Å². The Hall–Kier alpha value is -2.40. The predicted molar refractivity (Wildman–Crippen MR) is 100 cm³/mol. The quantitative estimate of drug-likeness (QED) is 0.879. The van der Waals surface area contributed by atoms with Crippen LogP contribution < -0.4 is 10.2 Å². The molecular formula is C20H26N4O. The molecule has 1 unspecified atom stereocenters. The van der Waals surface area contributed by atoms with Gasteiger partial charge in [0.05, 0.1) is 0 Å². The maximum absolute atomic E-state index is 12.9. The van der Waals surface area contributed by atoms with Gasteiger partial charge < -0.3 is 10.2 Å². The molecule has 3 rings (SSSR count). The fourth-order valence-electron chi connectivity index (χ4n) is 3.26. The predicted octanol–water partition coefficient (Wildman–Crippen LogP) is 2.60. The molecule has 1 aliphatic heterocycles. The second-order valence-electron chi connectivity index (χ2n) is 6.69. The van der Waals surface area contributed by atoms with E-state index in [4.69, 9.17) is 0 Å². The zero-order valence-corrected chi connectivity index (χ0v) is 15.0. The third kappa shape index (κ3) is 4.37. The highest BCUT2D eigenvalue weighted by Gasteiger charge is 2.29. The Morgan fingerprint density at radius 2 is 1.92 bits per heavy atom. The van der Waals surface area contributed by atoms with Gasteiger partial charge in [-0.2, -0.15) is 0 Å². The number of nitrogens with one attached hydrogen (secondary N) is 1. The summed E-state index contributed by atoms with van der Waals surface area (Å²) in [7, 11) is 3.92. The van der Waals surface area contributed by atoms with E-state index >= 15 is 0 Å². The smallest absolute Gasteiger partial charge is 0.242 e. The molecule has 5 heteroatoms. The van der Waals surface area contributed by atoms with E-state index in [2.05, 4.69) is 15.2 Å². The molecule has 25 heavy (non-hydrogen) atoms. The normalized spacial score (nSPS) is 15.8. The molecule has 0 bridgehead atoms. The summed E-state index contributed by atoms with van der Waals surface area (Å²) in [5, 5.41) is 3.11. The molecule has 2 aromatic rings. The van der Waals surface area contributed by atoms with Gasteiger partial charge in [0, 0.05) is 26.8 Å². The zero-order chi connectivity index (χ0) is 17.6. The maximum atomic E-state index is 12.9. The Morgan fingerprint density at radius 3 is 2.60 bits per heavy atom. The molecule has 2 heterocycles. The van der Waals surface area contributed by atoms with Crippen molar-refractivity contribution < 1.29 is 4.79 Å². The molecule has 0 radical (unpaired) electrons. The minimum atomic E-state index is -0.209. The molecule has 1 aromatic heterocycles. The lowest BCUT2D eigenvalue weighted by atomic mass is 10.0. The molecule has 1 N–H and O–H groups in total. The monoisotopic (exact) mass is 338 g/mol. The van der Waals surface area contributed by atoms with E-state index in [-0.39, 0.29) is 11.9 Å². The van der Waals surface area contributed by atoms with Gasteiger partial charge in [-0.1, -0.05) is 30.3 Å². The van der Waals surface area contributed by atoms with Crippen molar-refractivity contribution in [3.05, 3.63) is 59.8 Å². The zero-order valence-electron chi connectivity index (χ0n) is 15.0. The van der Waals surface area contributed by atoms with Gasteiger partial charge in [0.25, 0.3) is 0 Å². The lowest BCUT2D eigenvalue weighted by Gasteiger charge is -2.27. The number of likely N-dealkylation sites (tertiary alicyclic amines) is 1. The summed E-state index contributed by atoms with van der Waals surface area (Å²) in [5.41, 5.74) is 2.12. The highest BCUT2D eigenvalue weighted by Crippen LogP contribution is 2.25. The van der Waals surface area contributed by atoms with Gasteiger partial charge in [-0.25, -0.2) is 4.98 Å². The molecule has 132 valence electrons. The minimum absolute atomic E-state index is 0.0660. The van der Waals surface area contributed by atoms with Gasteiger partial charge >= 0.3 is 0 Å². The van der Waals surface area contributed by atoms with Crippen LogP contribution in [0.5, 0.6) is 0 Å². The van der Waals surface area contributed by atoms with Crippen molar-refractivity contribution in [1.82, 2.24) is 15.2 Å². The Labute approximate surface area is 149 Å². The molecule has 1 aromatic carbocycles. The van der Waals surface area contributed by atoms with Crippen molar-refractivity contribution in [2.24, 2.45) is 0 Å². The van der Waals surface area contributed by atoms with Crippen LogP contribution in [0, 0.1) is 0 Å². The number of hydrogen-bond donors (Lipinski definition) is 1. The van der Waals surface area contributed by atoms with Crippen LogP contribution in [-0.4, -0.2) is 43.0 Å². The number of nitrogens with zero attached hydrogens (tertiary/aromatic N) is 3. The van der Waals surface area contributed by atoms with Crippen LogP contribution in [0.2, 0.25) is 0 Å². The number of aromatic nitrogens is 1. The second kappa shape index (κ2) is 8.12. The van der Waals surface area contributed by atoms with E-state index in [1.807, 2.05) is 61.5 Å².